The normalized spacial score (nSPS) is 11.4. The first-order valence-corrected chi connectivity index (χ1v) is 20.7. The quantitative estimate of drug-likeness (QED) is 0.146. The maximum absolute atomic E-state index is 2.46. The highest BCUT2D eigenvalue weighted by Crippen LogP contribution is 2.49. The highest BCUT2D eigenvalue weighted by molar-refractivity contribution is 7.25. The molecule has 0 radical (unpaired) electrons. The van der Waals surface area contributed by atoms with E-state index in [1.165, 1.54) is 86.2 Å². The Hall–Kier alpha value is -7.26. The van der Waals surface area contributed by atoms with E-state index in [9.17, 15) is 0 Å². The number of benzene rings is 10. The predicted molar refractivity (Wildman–Crippen MR) is 251 cm³/mol. The summed E-state index contributed by atoms with van der Waals surface area (Å²) >= 11 is 1.86. The zero-order valence-electron chi connectivity index (χ0n) is 31.7. The summed E-state index contributed by atoms with van der Waals surface area (Å²) in [6, 6.07) is 82.1. The molecule has 58 heavy (non-hydrogen) atoms. The van der Waals surface area contributed by atoms with Crippen molar-refractivity contribution in [3.05, 3.63) is 224 Å². The van der Waals surface area contributed by atoms with Crippen LogP contribution in [0, 0.1) is 0 Å². The molecule has 0 spiro atoms. The fourth-order valence-electron chi connectivity index (χ4n) is 8.71. The van der Waals surface area contributed by atoms with Crippen molar-refractivity contribution in [1.82, 2.24) is 0 Å². The minimum atomic E-state index is 1.10. The summed E-state index contributed by atoms with van der Waals surface area (Å²) in [5, 5.41) is 7.67. The molecule has 0 saturated carbocycles. The van der Waals surface area contributed by atoms with Crippen molar-refractivity contribution in [1.29, 1.82) is 0 Å². The van der Waals surface area contributed by atoms with Crippen molar-refractivity contribution in [3.63, 3.8) is 0 Å². The standard InChI is InChI=1S/C56H37NS/c1-3-14-39(15-4-1)47-20-9-10-22-52(47)56-49(40-16-5-2-6-17-40)23-13-24-53(56)57(45-33-35-51-50-21-11-12-25-54(50)58-55(51)37-45)44-31-28-38(29-32-44)42-30-34-48-43(36-42)27-26-41-18-7-8-19-46(41)48/h1-37H. The molecular formula is C56H37NS. The van der Waals surface area contributed by atoms with Gasteiger partial charge in [-0.2, -0.15) is 0 Å². The monoisotopic (exact) mass is 755 g/mol. The van der Waals surface area contributed by atoms with Crippen LogP contribution < -0.4 is 4.90 Å². The van der Waals surface area contributed by atoms with Crippen LogP contribution in [0.2, 0.25) is 0 Å². The van der Waals surface area contributed by atoms with Crippen LogP contribution in [0.25, 0.3) is 86.2 Å². The lowest BCUT2D eigenvalue weighted by molar-refractivity contribution is 1.29. The molecule has 2 heteroatoms. The molecule has 272 valence electrons. The number of rotatable bonds is 7. The van der Waals surface area contributed by atoms with Gasteiger partial charge in [0.25, 0.3) is 0 Å². The van der Waals surface area contributed by atoms with E-state index in [0.717, 1.165) is 17.1 Å². The molecule has 0 saturated heterocycles. The summed E-state index contributed by atoms with van der Waals surface area (Å²) in [7, 11) is 0. The van der Waals surface area contributed by atoms with E-state index in [1.807, 2.05) is 11.3 Å². The van der Waals surface area contributed by atoms with E-state index in [4.69, 9.17) is 0 Å². The molecule has 10 aromatic carbocycles. The fourth-order valence-corrected chi connectivity index (χ4v) is 9.85. The van der Waals surface area contributed by atoms with Gasteiger partial charge in [-0.3, -0.25) is 0 Å². The average Bonchev–Trinajstić information content (AvgIpc) is 3.68. The van der Waals surface area contributed by atoms with Gasteiger partial charge >= 0.3 is 0 Å². The number of hydrogen-bond acceptors (Lipinski definition) is 2. The molecule has 0 N–H and O–H groups in total. The largest absolute Gasteiger partial charge is 0.310 e. The Balaban J connectivity index is 1.13. The first kappa shape index (κ1) is 34.0. The molecule has 1 nitrogen and oxygen atoms in total. The summed E-state index contributed by atoms with van der Waals surface area (Å²) in [6.07, 6.45) is 0. The van der Waals surface area contributed by atoms with Crippen molar-refractivity contribution >= 4 is 70.1 Å². The van der Waals surface area contributed by atoms with E-state index in [-0.39, 0.29) is 0 Å². The van der Waals surface area contributed by atoms with Crippen molar-refractivity contribution < 1.29 is 0 Å². The Kier molecular flexibility index (Phi) is 8.42. The second-order valence-corrected chi connectivity index (χ2v) is 15.9. The fraction of sp³-hybridized carbons (Fsp3) is 0. The predicted octanol–water partition coefficient (Wildman–Crippen LogP) is 16.5. The Bertz CT molecular complexity index is 3270. The van der Waals surface area contributed by atoms with Crippen LogP contribution in [-0.2, 0) is 0 Å². The second kappa shape index (κ2) is 14.4. The smallest absolute Gasteiger partial charge is 0.0546 e. The van der Waals surface area contributed by atoms with E-state index >= 15 is 0 Å². The lowest BCUT2D eigenvalue weighted by Gasteiger charge is -2.30. The number of fused-ring (bicyclic) bond motifs is 6. The minimum absolute atomic E-state index is 1.10. The minimum Gasteiger partial charge on any atom is -0.310 e. The molecule has 0 fully saturated rings. The van der Waals surface area contributed by atoms with Gasteiger partial charge in [-0.05, 0) is 103 Å². The van der Waals surface area contributed by atoms with Gasteiger partial charge in [0.2, 0.25) is 0 Å². The topological polar surface area (TPSA) is 3.24 Å². The summed E-state index contributed by atoms with van der Waals surface area (Å²) in [5.41, 5.74) is 12.9. The van der Waals surface area contributed by atoms with Crippen LogP contribution in [0.1, 0.15) is 0 Å². The molecule has 0 atom stereocenters. The van der Waals surface area contributed by atoms with Gasteiger partial charge in [0, 0.05) is 37.1 Å². The molecule has 0 amide bonds. The molecule has 0 bridgehead atoms. The highest BCUT2D eigenvalue weighted by Gasteiger charge is 2.23. The molecule has 11 rings (SSSR count). The zero-order chi connectivity index (χ0) is 38.4. The van der Waals surface area contributed by atoms with Gasteiger partial charge in [-0.15, -0.1) is 11.3 Å². The van der Waals surface area contributed by atoms with Crippen LogP contribution >= 0.6 is 11.3 Å². The summed E-state index contributed by atoms with van der Waals surface area (Å²) in [6.45, 7) is 0. The lowest BCUT2D eigenvalue weighted by atomic mass is 9.87. The van der Waals surface area contributed by atoms with E-state index in [2.05, 4.69) is 229 Å². The van der Waals surface area contributed by atoms with Crippen molar-refractivity contribution in [2.45, 2.75) is 0 Å². The lowest BCUT2D eigenvalue weighted by Crippen LogP contribution is -2.12. The van der Waals surface area contributed by atoms with Gasteiger partial charge in [0.1, 0.15) is 0 Å². The van der Waals surface area contributed by atoms with Crippen molar-refractivity contribution in [2.75, 3.05) is 4.90 Å². The maximum Gasteiger partial charge on any atom is 0.0546 e. The number of nitrogens with zero attached hydrogens (tertiary/aromatic N) is 1. The first-order chi connectivity index (χ1) is 28.8. The van der Waals surface area contributed by atoms with Gasteiger partial charge in [0.05, 0.1) is 5.69 Å². The first-order valence-electron chi connectivity index (χ1n) is 19.8. The van der Waals surface area contributed by atoms with Crippen LogP contribution in [0.3, 0.4) is 0 Å². The Morgan fingerprint density at radius 3 is 1.67 bits per heavy atom. The summed E-state index contributed by atoms with van der Waals surface area (Å²) in [4.78, 5) is 2.46. The van der Waals surface area contributed by atoms with Crippen LogP contribution in [0.5, 0.6) is 0 Å². The molecular weight excluding hydrogens is 719 g/mol. The Labute approximate surface area is 342 Å². The maximum atomic E-state index is 2.46. The molecule has 0 aliphatic rings. The zero-order valence-corrected chi connectivity index (χ0v) is 32.5. The van der Waals surface area contributed by atoms with Crippen LogP contribution in [-0.4, -0.2) is 0 Å². The van der Waals surface area contributed by atoms with Crippen LogP contribution in [0.4, 0.5) is 17.1 Å². The van der Waals surface area contributed by atoms with E-state index in [0.29, 0.717) is 0 Å². The Morgan fingerprint density at radius 1 is 0.293 bits per heavy atom. The molecule has 0 aliphatic heterocycles. The van der Waals surface area contributed by atoms with Crippen molar-refractivity contribution in [3.8, 4) is 44.5 Å². The second-order valence-electron chi connectivity index (χ2n) is 14.9. The number of hydrogen-bond donors (Lipinski definition) is 0. The molecule has 0 aliphatic carbocycles. The van der Waals surface area contributed by atoms with Gasteiger partial charge in [-0.25, -0.2) is 0 Å². The number of thiophene rings is 1. The molecule has 0 unspecified atom stereocenters. The van der Waals surface area contributed by atoms with E-state index in [1.54, 1.807) is 0 Å². The van der Waals surface area contributed by atoms with Gasteiger partial charge in [0.15, 0.2) is 0 Å². The third-order valence-corrected chi connectivity index (χ3v) is 12.6. The van der Waals surface area contributed by atoms with Crippen molar-refractivity contribution in [2.24, 2.45) is 0 Å². The summed E-state index contributed by atoms with van der Waals surface area (Å²) in [5.74, 6) is 0. The average molecular weight is 756 g/mol. The van der Waals surface area contributed by atoms with Gasteiger partial charge in [-0.1, -0.05) is 182 Å². The Morgan fingerprint density at radius 2 is 0.862 bits per heavy atom. The molecule has 1 aromatic heterocycles. The third kappa shape index (κ3) is 5.94. The van der Waals surface area contributed by atoms with E-state index < -0.39 is 0 Å². The number of anilines is 3. The summed E-state index contributed by atoms with van der Waals surface area (Å²) < 4.78 is 2.58. The van der Waals surface area contributed by atoms with Crippen LogP contribution in [0.15, 0.2) is 224 Å². The SMILES string of the molecule is c1ccc(-c2ccccc2-c2c(-c3ccccc3)cccc2N(c2ccc(-c3ccc4c(ccc5ccccc54)c3)cc2)c2ccc3c(c2)sc2ccccc23)cc1. The highest BCUT2D eigenvalue weighted by atomic mass is 32.1. The van der Waals surface area contributed by atoms with Gasteiger partial charge < -0.3 is 4.90 Å². The molecule has 11 aromatic rings. The molecule has 1 heterocycles. The third-order valence-electron chi connectivity index (χ3n) is 11.5.